The van der Waals surface area contributed by atoms with Gasteiger partial charge < -0.3 is 5.32 Å². The van der Waals surface area contributed by atoms with Crippen molar-refractivity contribution in [2.75, 3.05) is 12.4 Å². The number of nitrogens with zero attached hydrogens (tertiary/aromatic N) is 2. The van der Waals surface area contributed by atoms with Gasteiger partial charge in [-0.1, -0.05) is 6.07 Å². The van der Waals surface area contributed by atoms with Gasteiger partial charge in [0, 0.05) is 30.4 Å². The predicted molar refractivity (Wildman–Crippen MR) is 97.5 cm³/mol. The van der Waals surface area contributed by atoms with E-state index in [0.717, 1.165) is 12.1 Å². The second kappa shape index (κ2) is 7.80. The molecule has 8 nitrogen and oxygen atoms in total. The smallest absolute Gasteiger partial charge is 0.306 e. The number of hydrogen-bond acceptors (Lipinski definition) is 5. The van der Waals surface area contributed by atoms with Crippen LogP contribution in [0.5, 0.6) is 0 Å². The first-order valence-corrected chi connectivity index (χ1v) is 9.31. The molecular weight excluding hydrogens is 377 g/mol. The predicted octanol–water partition coefficient (Wildman–Crippen LogP) is 3.02. The van der Waals surface area contributed by atoms with Crippen LogP contribution >= 0.6 is 0 Å². The van der Waals surface area contributed by atoms with E-state index < -0.39 is 32.4 Å². The van der Waals surface area contributed by atoms with Crippen LogP contribution < -0.4 is 5.32 Å². The Morgan fingerprint density at radius 1 is 1.22 bits per heavy atom. The Kier molecular flexibility index (Phi) is 5.91. The number of nitrogens with one attached hydrogen (secondary N) is 1. The molecule has 0 aliphatic carbocycles. The number of carbonyl (C=O) groups is 1. The zero-order chi connectivity index (χ0) is 20.4. The van der Waals surface area contributed by atoms with Crippen molar-refractivity contribution in [3.63, 3.8) is 0 Å². The van der Waals surface area contributed by atoms with Gasteiger partial charge in [-0.2, -0.15) is 8.70 Å². The minimum absolute atomic E-state index is 0.0145. The number of benzene rings is 2. The minimum atomic E-state index is -3.78. The summed E-state index contributed by atoms with van der Waals surface area (Å²) in [7, 11) is -2.34. The summed E-state index contributed by atoms with van der Waals surface area (Å²) in [6, 6.07) is 8.06. The van der Waals surface area contributed by atoms with Gasteiger partial charge in [-0.25, -0.2) is 8.42 Å². The molecular formula is C17H18FN3O5S. The lowest BCUT2D eigenvalue weighted by Gasteiger charge is -2.21. The maximum Gasteiger partial charge on any atom is 0.306 e. The molecule has 0 unspecified atom stereocenters. The van der Waals surface area contributed by atoms with Crippen molar-refractivity contribution in [2.45, 2.75) is 24.8 Å². The molecule has 2 aromatic rings. The largest absolute Gasteiger partial charge is 0.322 e. The summed E-state index contributed by atoms with van der Waals surface area (Å²) in [5, 5.41) is 13.2. The Labute approximate surface area is 155 Å². The van der Waals surface area contributed by atoms with E-state index in [9.17, 15) is 27.7 Å². The van der Waals surface area contributed by atoms with E-state index in [2.05, 4.69) is 5.32 Å². The van der Waals surface area contributed by atoms with Gasteiger partial charge in [0.1, 0.15) is 0 Å². The Morgan fingerprint density at radius 3 is 2.48 bits per heavy atom. The fraction of sp³-hybridized carbons (Fsp3) is 0.235. The molecule has 0 fully saturated rings. The average molecular weight is 395 g/mol. The summed E-state index contributed by atoms with van der Waals surface area (Å²) in [4.78, 5) is 22.2. The molecule has 0 aliphatic rings. The Morgan fingerprint density at radius 2 is 1.89 bits per heavy atom. The Bertz CT molecular complexity index is 992. The highest BCUT2D eigenvalue weighted by Crippen LogP contribution is 2.23. The molecule has 0 saturated heterocycles. The monoisotopic (exact) mass is 395 g/mol. The van der Waals surface area contributed by atoms with Crippen molar-refractivity contribution in [2.24, 2.45) is 0 Å². The zero-order valence-electron chi connectivity index (χ0n) is 14.8. The summed E-state index contributed by atoms with van der Waals surface area (Å²) in [6.45, 7) is 3.44. The van der Waals surface area contributed by atoms with Crippen LogP contribution in [0.1, 0.15) is 24.2 Å². The Hall–Kier alpha value is -2.85. The summed E-state index contributed by atoms with van der Waals surface area (Å²) >= 11 is 0. The van der Waals surface area contributed by atoms with E-state index in [0.29, 0.717) is 0 Å². The molecule has 1 N–H and O–H groups in total. The number of nitro benzene ring substituents is 1. The van der Waals surface area contributed by atoms with Gasteiger partial charge in [-0.3, -0.25) is 14.9 Å². The van der Waals surface area contributed by atoms with Crippen LogP contribution in [0.3, 0.4) is 0 Å². The molecule has 0 aliphatic heterocycles. The topological polar surface area (TPSA) is 110 Å². The van der Waals surface area contributed by atoms with E-state index in [-0.39, 0.29) is 22.2 Å². The first kappa shape index (κ1) is 20.5. The molecule has 2 rings (SSSR count). The SMILES string of the molecule is CC(C)N(C)S(=O)(=O)c1cccc(C(=O)Nc2ccc(F)c([N+](=O)[O-])c2)c1. The zero-order valence-corrected chi connectivity index (χ0v) is 15.7. The number of amides is 1. The number of carbonyl (C=O) groups excluding carboxylic acids is 1. The van der Waals surface area contributed by atoms with Gasteiger partial charge in [0.2, 0.25) is 15.8 Å². The third-order valence-electron chi connectivity index (χ3n) is 3.90. The molecule has 0 atom stereocenters. The molecule has 0 aromatic heterocycles. The maximum atomic E-state index is 13.4. The molecule has 1 amide bonds. The second-order valence-corrected chi connectivity index (χ2v) is 8.02. The van der Waals surface area contributed by atoms with Crippen LogP contribution in [0.2, 0.25) is 0 Å². The van der Waals surface area contributed by atoms with Crippen LogP contribution in [0.15, 0.2) is 47.4 Å². The molecule has 0 radical (unpaired) electrons. The first-order chi connectivity index (χ1) is 12.5. The van der Waals surface area contributed by atoms with Crippen molar-refractivity contribution in [1.82, 2.24) is 4.31 Å². The Balaban J connectivity index is 2.31. The van der Waals surface area contributed by atoms with Gasteiger partial charge in [-0.05, 0) is 44.2 Å². The number of rotatable bonds is 6. The molecule has 0 spiro atoms. The van der Waals surface area contributed by atoms with Crippen molar-refractivity contribution in [3.8, 4) is 0 Å². The lowest BCUT2D eigenvalue weighted by molar-refractivity contribution is -0.387. The molecule has 144 valence electrons. The number of anilines is 1. The van der Waals surface area contributed by atoms with Gasteiger partial charge in [0.15, 0.2) is 0 Å². The molecule has 2 aromatic carbocycles. The minimum Gasteiger partial charge on any atom is -0.322 e. The molecule has 0 saturated carbocycles. The average Bonchev–Trinajstić information content (AvgIpc) is 2.62. The highest BCUT2D eigenvalue weighted by atomic mass is 32.2. The number of nitro groups is 1. The molecule has 0 heterocycles. The lowest BCUT2D eigenvalue weighted by atomic mass is 10.2. The lowest BCUT2D eigenvalue weighted by Crippen LogP contribution is -2.33. The van der Waals surface area contributed by atoms with E-state index in [1.807, 2.05) is 0 Å². The van der Waals surface area contributed by atoms with Crippen LogP contribution in [0, 0.1) is 15.9 Å². The van der Waals surface area contributed by atoms with Gasteiger partial charge in [0.25, 0.3) is 5.91 Å². The quantitative estimate of drug-likeness (QED) is 0.597. The third kappa shape index (κ3) is 4.47. The van der Waals surface area contributed by atoms with Gasteiger partial charge in [-0.15, -0.1) is 0 Å². The maximum absolute atomic E-state index is 13.4. The van der Waals surface area contributed by atoms with Crippen molar-refractivity contribution >= 4 is 27.3 Å². The molecule has 10 heteroatoms. The van der Waals surface area contributed by atoms with E-state index >= 15 is 0 Å². The first-order valence-electron chi connectivity index (χ1n) is 7.87. The van der Waals surface area contributed by atoms with Crippen molar-refractivity contribution in [3.05, 3.63) is 64.0 Å². The standard InChI is InChI=1S/C17H18FN3O5S/c1-11(2)20(3)27(25,26)14-6-4-5-12(9-14)17(22)19-13-7-8-15(18)16(10-13)21(23)24/h4-11H,1-3H3,(H,19,22). The third-order valence-corrected chi connectivity index (χ3v) is 5.93. The summed E-state index contributed by atoms with van der Waals surface area (Å²) in [5.41, 5.74) is -0.719. The number of hydrogen-bond donors (Lipinski definition) is 1. The second-order valence-electron chi connectivity index (χ2n) is 6.02. The fourth-order valence-electron chi connectivity index (χ4n) is 2.18. The van der Waals surface area contributed by atoms with E-state index in [4.69, 9.17) is 0 Å². The summed E-state index contributed by atoms with van der Waals surface area (Å²) < 4.78 is 39.6. The summed E-state index contributed by atoms with van der Waals surface area (Å²) in [5.74, 6) is -1.71. The van der Waals surface area contributed by atoms with Gasteiger partial charge in [0.05, 0.1) is 9.82 Å². The molecule has 27 heavy (non-hydrogen) atoms. The number of halogens is 1. The van der Waals surface area contributed by atoms with Gasteiger partial charge >= 0.3 is 5.69 Å². The highest BCUT2D eigenvalue weighted by Gasteiger charge is 2.24. The van der Waals surface area contributed by atoms with Crippen molar-refractivity contribution in [1.29, 1.82) is 0 Å². The number of sulfonamides is 1. The van der Waals surface area contributed by atoms with Crippen LogP contribution in [-0.2, 0) is 10.0 Å². The van der Waals surface area contributed by atoms with Crippen molar-refractivity contribution < 1.29 is 22.5 Å². The fourth-order valence-corrected chi connectivity index (χ4v) is 3.59. The highest BCUT2D eigenvalue weighted by molar-refractivity contribution is 7.89. The van der Waals surface area contributed by atoms with E-state index in [1.165, 1.54) is 41.7 Å². The van der Waals surface area contributed by atoms with Crippen LogP contribution in [0.25, 0.3) is 0 Å². The van der Waals surface area contributed by atoms with Crippen LogP contribution in [-0.4, -0.2) is 36.6 Å². The summed E-state index contributed by atoms with van der Waals surface area (Å²) in [6.07, 6.45) is 0. The van der Waals surface area contributed by atoms with E-state index in [1.54, 1.807) is 13.8 Å². The normalized spacial score (nSPS) is 11.6. The molecule has 0 bridgehead atoms. The van der Waals surface area contributed by atoms with Crippen LogP contribution in [0.4, 0.5) is 15.8 Å².